The highest BCUT2D eigenvalue weighted by Crippen LogP contribution is 2.18. The first-order valence-electron chi connectivity index (χ1n) is 4.81. The van der Waals surface area contributed by atoms with E-state index in [1.54, 1.807) is 18.3 Å². The molecule has 0 radical (unpaired) electrons. The lowest BCUT2D eigenvalue weighted by molar-refractivity contribution is 0.102. The largest absolute Gasteiger partial charge is 0.480 e. The number of carbonyl (C=O) groups excluding carboxylic acids is 1. The summed E-state index contributed by atoms with van der Waals surface area (Å²) in [6.07, 6.45) is 2.95. The van der Waals surface area contributed by atoms with E-state index in [1.165, 1.54) is 13.3 Å². The summed E-state index contributed by atoms with van der Waals surface area (Å²) in [5, 5.41) is 8.85. The van der Waals surface area contributed by atoms with Crippen molar-refractivity contribution >= 4 is 17.4 Å². The summed E-state index contributed by atoms with van der Waals surface area (Å²) in [5.74, 6) is 0.231. The Morgan fingerprint density at radius 1 is 1.59 bits per heavy atom. The van der Waals surface area contributed by atoms with Crippen LogP contribution in [0.2, 0.25) is 0 Å². The van der Waals surface area contributed by atoms with Crippen LogP contribution in [0.3, 0.4) is 0 Å². The fourth-order valence-corrected chi connectivity index (χ4v) is 1.30. The van der Waals surface area contributed by atoms with Crippen molar-refractivity contribution in [2.45, 2.75) is 0 Å². The molecule has 17 heavy (non-hydrogen) atoms. The minimum Gasteiger partial charge on any atom is -0.480 e. The van der Waals surface area contributed by atoms with Gasteiger partial charge in [0.25, 0.3) is 5.91 Å². The Hall–Kier alpha value is -2.57. The second-order valence-corrected chi connectivity index (χ2v) is 3.21. The summed E-state index contributed by atoms with van der Waals surface area (Å²) in [7, 11) is 1.45. The number of rotatable bonds is 3. The summed E-state index contributed by atoms with van der Waals surface area (Å²) < 4.78 is 4.99. The van der Waals surface area contributed by atoms with Gasteiger partial charge in [0.1, 0.15) is 5.56 Å². The molecule has 0 aromatic carbocycles. The molecular formula is C10H11N5O2. The van der Waals surface area contributed by atoms with Crippen molar-refractivity contribution < 1.29 is 9.53 Å². The van der Waals surface area contributed by atoms with Gasteiger partial charge in [-0.2, -0.15) is 5.10 Å². The van der Waals surface area contributed by atoms with Crippen LogP contribution in [0.4, 0.5) is 11.5 Å². The number of aromatic nitrogens is 3. The van der Waals surface area contributed by atoms with E-state index < -0.39 is 0 Å². The van der Waals surface area contributed by atoms with E-state index in [-0.39, 0.29) is 11.8 Å². The van der Waals surface area contributed by atoms with Gasteiger partial charge in [-0.15, -0.1) is 0 Å². The van der Waals surface area contributed by atoms with Crippen molar-refractivity contribution in [1.29, 1.82) is 0 Å². The van der Waals surface area contributed by atoms with E-state index in [9.17, 15) is 4.79 Å². The van der Waals surface area contributed by atoms with Crippen LogP contribution in [-0.2, 0) is 0 Å². The summed E-state index contributed by atoms with van der Waals surface area (Å²) >= 11 is 0. The van der Waals surface area contributed by atoms with Crippen LogP contribution < -0.4 is 15.8 Å². The molecule has 0 atom stereocenters. The second-order valence-electron chi connectivity index (χ2n) is 3.21. The number of anilines is 2. The topological polar surface area (TPSA) is 106 Å². The van der Waals surface area contributed by atoms with E-state index in [0.717, 1.165) is 0 Å². The maximum atomic E-state index is 11.9. The molecule has 2 heterocycles. The van der Waals surface area contributed by atoms with E-state index in [4.69, 9.17) is 10.5 Å². The molecule has 0 aliphatic carbocycles. The molecule has 7 heteroatoms. The highest BCUT2D eigenvalue weighted by atomic mass is 16.5. The van der Waals surface area contributed by atoms with E-state index in [2.05, 4.69) is 20.5 Å². The minimum absolute atomic E-state index is 0.253. The Labute approximate surface area is 97.0 Å². The molecule has 1 amide bonds. The molecular weight excluding hydrogens is 222 g/mol. The first-order valence-corrected chi connectivity index (χ1v) is 4.81. The number of carbonyl (C=O) groups is 1. The zero-order chi connectivity index (χ0) is 12.3. The van der Waals surface area contributed by atoms with E-state index in [0.29, 0.717) is 17.1 Å². The zero-order valence-electron chi connectivity index (χ0n) is 9.10. The van der Waals surface area contributed by atoms with Gasteiger partial charge in [-0.3, -0.25) is 9.89 Å². The van der Waals surface area contributed by atoms with Crippen molar-refractivity contribution in [2.24, 2.45) is 0 Å². The lowest BCUT2D eigenvalue weighted by Gasteiger charge is -2.06. The Balaban J connectivity index is 2.23. The number of methoxy groups -OCH3 is 1. The molecule has 4 N–H and O–H groups in total. The van der Waals surface area contributed by atoms with Gasteiger partial charge in [-0.1, -0.05) is 0 Å². The number of pyridine rings is 1. The molecule has 0 fully saturated rings. The maximum absolute atomic E-state index is 11.9. The van der Waals surface area contributed by atoms with Crippen molar-refractivity contribution in [1.82, 2.24) is 15.2 Å². The van der Waals surface area contributed by atoms with Crippen molar-refractivity contribution in [3.05, 3.63) is 30.1 Å². The number of amides is 1. The summed E-state index contributed by atoms with van der Waals surface area (Å²) in [5.41, 5.74) is 6.27. The van der Waals surface area contributed by atoms with Crippen LogP contribution in [0.1, 0.15) is 10.4 Å². The molecule has 0 spiro atoms. The molecule has 2 rings (SSSR count). The Morgan fingerprint density at radius 2 is 2.41 bits per heavy atom. The lowest BCUT2D eigenvalue weighted by atomic mass is 10.2. The number of aromatic amines is 1. The first-order chi connectivity index (χ1) is 8.22. The molecule has 0 saturated carbocycles. The fraction of sp³-hybridized carbons (Fsp3) is 0.100. The molecule has 2 aromatic heterocycles. The smallest absolute Gasteiger partial charge is 0.262 e. The number of nitrogens with one attached hydrogen (secondary N) is 2. The molecule has 0 saturated heterocycles. The van der Waals surface area contributed by atoms with Gasteiger partial charge >= 0.3 is 0 Å². The quantitative estimate of drug-likeness (QED) is 0.721. The van der Waals surface area contributed by atoms with Crippen molar-refractivity contribution in [3.8, 4) is 5.88 Å². The van der Waals surface area contributed by atoms with Crippen LogP contribution in [-0.4, -0.2) is 28.2 Å². The molecule has 0 aliphatic heterocycles. The van der Waals surface area contributed by atoms with Crippen LogP contribution in [0.5, 0.6) is 5.88 Å². The number of hydrogen-bond donors (Lipinski definition) is 3. The van der Waals surface area contributed by atoms with Gasteiger partial charge < -0.3 is 15.8 Å². The van der Waals surface area contributed by atoms with Crippen molar-refractivity contribution in [2.75, 3.05) is 18.2 Å². The normalized spacial score (nSPS) is 9.94. The number of nitrogen functional groups attached to an aromatic ring is 1. The minimum atomic E-state index is -0.370. The number of H-pyrrole nitrogens is 1. The van der Waals surface area contributed by atoms with Crippen molar-refractivity contribution in [3.63, 3.8) is 0 Å². The summed E-state index contributed by atoms with van der Waals surface area (Å²) in [6.45, 7) is 0. The standard InChI is InChI=1S/C10H11N5O2/c1-17-10-6(3-2-4-12-10)9(16)14-8-7(11)5-13-15-8/h2-5H,11H2,1H3,(H2,13,14,15,16). The van der Waals surface area contributed by atoms with Gasteiger partial charge in [0.15, 0.2) is 5.82 Å². The number of nitrogens with zero attached hydrogens (tertiary/aromatic N) is 2. The Morgan fingerprint density at radius 3 is 3.06 bits per heavy atom. The highest BCUT2D eigenvalue weighted by Gasteiger charge is 2.14. The third-order valence-corrected chi connectivity index (χ3v) is 2.12. The number of nitrogens with two attached hydrogens (primary N) is 1. The summed E-state index contributed by atoms with van der Waals surface area (Å²) in [6, 6.07) is 3.25. The number of hydrogen-bond acceptors (Lipinski definition) is 5. The van der Waals surface area contributed by atoms with E-state index >= 15 is 0 Å². The Kier molecular flexibility index (Phi) is 2.91. The SMILES string of the molecule is COc1ncccc1C(=O)Nc1[nH]ncc1N. The molecule has 0 unspecified atom stereocenters. The van der Waals surface area contributed by atoms with Crippen LogP contribution in [0.25, 0.3) is 0 Å². The second kappa shape index (κ2) is 4.52. The fourth-order valence-electron chi connectivity index (χ4n) is 1.30. The molecule has 0 bridgehead atoms. The summed E-state index contributed by atoms with van der Waals surface area (Å²) in [4.78, 5) is 15.8. The van der Waals surface area contributed by atoms with Gasteiger partial charge in [0.05, 0.1) is 19.0 Å². The monoisotopic (exact) mass is 233 g/mol. The maximum Gasteiger partial charge on any atom is 0.262 e. The molecule has 0 aliphatic rings. The predicted octanol–water partition coefficient (Wildman–Crippen LogP) is 0.648. The third kappa shape index (κ3) is 2.17. The molecule has 2 aromatic rings. The Bertz CT molecular complexity index is 537. The third-order valence-electron chi connectivity index (χ3n) is 2.12. The van der Waals surface area contributed by atoms with Gasteiger partial charge in [-0.25, -0.2) is 4.98 Å². The molecule has 88 valence electrons. The van der Waals surface area contributed by atoms with Crippen LogP contribution in [0, 0.1) is 0 Å². The zero-order valence-corrected chi connectivity index (χ0v) is 9.10. The average Bonchev–Trinajstić information content (AvgIpc) is 2.75. The van der Waals surface area contributed by atoms with Crippen LogP contribution in [0.15, 0.2) is 24.5 Å². The molecule has 7 nitrogen and oxygen atoms in total. The van der Waals surface area contributed by atoms with E-state index in [1.807, 2.05) is 0 Å². The van der Waals surface area contributed by atoms with Gasteiger partial charge in [0, 0.05) is 6.20 Å². The van der Waals surface area contributed by atoms with Crippen LogP contribution >= 0.6 is 0 Å². The highest BCUT2D eigenvalue weighted by molar-refractivity contribution is 6.06. The number of ether oxygens (including phenoxy) is 1. The average molecular weight is 233 g/mol. The lowest BCUT2D eigenvalue weighted by Crippen LogP contribution is -2.14. The van der Waals surface area contributed by atoms with Gasteiger partial charge in [0.2, 0.25) is 5.88 Å². The van der Waals surface area contributed by atoms with Gasteiger partial charge in [-0.05, 0) is 12.1 Å². The first kappa shape index (κ1) is 10.9. The predicted molar refractivity (Wildman–Crippen MR) is 61.7 cm³/mol.